The van der Waals surface area contributed by atoms with E-state index in [1.54, 1.807) is 33.3 Å². The fraction of sp³-hybridized carbons (Fsp3) is 0.556. The molecule has 0 unspecified atom stereocenters. The third-order valence-electron chi connectivity index (χ3n) is 5.52. The minimum absolute atomic E-state index is 0.00961. The lowest BCUT2D eigenvalue weighted by atomic mass is 10.1. The number of benzene rings is 1. The zero-order chi connectivity index (χ0) is 20.8. The molecule has 3 fully saturated rings. The molecule has 2 amide bonds. The van der Waals surface area contributed by atoms with Crippen LogP contribution in [0.3, 0.4) is 0 Å². The first-order chi connectivity index (χ1) is 13.7. The van der Waals surface area contributed by atoms with Crippen molar-refractivity contribution in [3.8, 4) is 0 Å². The van der Waals surface area contributed by atoms with Crippen molar-refractivity contribution in [2.45, 2.75) is 22.7 Å². The molecule has 3 saturated heterocycles. The molecule has 0 spiro atoms. The molecule has 158 valence electrons. The van der Waals surface area contributed by atoms with Gasteiger partial charge in [0.25, 0.3) is 0 Å². The first-order valence-electron chi connectivity index (χ1n) is 9.31. The summed E-state index contributed by atoms with van der Waals surface area (Å²) in [6.45, 7) is 2.89. The van der Waals surface area contributed by atoms with Crippen LogP contribution in [0.15, 0.2) is 29.2 Å². The van der Waals surface area contributed by atoms with E-state index in [4.69, 9.17) is 0 Å². The van der Waals surface area contributed by atoms with Gasteiger partial charge in [0.1, 0.15) is 11.9 Å². The van der Waals surface area contributed by atoms with Crippen LogP contribution in [-0.2, 0) is 19.6 Å². The molecule has 0 bridgehead atoms. The molecule has 1 aromatic carbocycles. The molecule has 3 aliphatic rings. The SMILES string of the molecule is C[C@]12CSCC(=O)N1[C@H](C(=O)N1CCN(S(=O)(=O)c3ccc(F)cc3)CC1)CS2. The van der Waals surface area contributed by atoms with Gasteiger partial charge < -0.3 is 9.80 Å². The normalized spacial score (nSPS) is 28.5. The molecule has 3 heterocycles. The minimum Gasteiger partial charge on any atom is -0.338 e. The Kier molecular flexibility index (Phi) is 5.60. The van der Waals surface area contributed by atoms with E-state index in [0.29, 0.717) is 11.5 Å². The van der Waals surface area contributed by atoms with E-state index in [0.717, 1.165) is 17.9 Å². The van der Waals surface area contributed by atoms with Crippen LogP contribution in [0.4, 0.5) is 4.39 Å². The van der Waals surface area contributed by atoms with Gasteiger partial charge >= 0.3 is 0 Å². The topological polar surface area (TPSA) is 78.0 Å². The van der Waals surface area contributed by atoms with Crippen LogP contribution in [0.1, 0.15) is 6.92 Å². The van der Waals surface area contributed by atoms with E-state index in [9.17, 15) is 22.4 Å². The molecular formula is C18H22FN3O4S3. The number of hydrogen-bond acceptors (Lipinski definition) is 6. The maximum atomic E-state index is 13.1. The number of carbonyl (C=O) groups excluding carboxylic acids is 2. The van der Waals surface area contributed by atoms with Gasteiger partial charge in [0.2, 0.25) is 21.8 Å². The van der Waals surface area contributed by atoms with E-state index in [1.165, 1.54) is 16.4 Å². The molecule has 1 aromatic rings. The fourth-order valence-electron chi connectivity index (χ4n) is 3.98. The molecule has 11 heteroatoms. The van der Waals surface area contributed by atoms with Gasteiger partial charge in [0.15, 0.2) is 0 Å². The highest BCUT2D eigenvalue weighted by atomic mass is 32.2. The first kappa shape index (κ1) is 21.0. The molecular weight excluding hydrogens is 437 g/mol. The molecule has 29 heavy (non-hydrogen) atoms. The van der Waals surface area contributed by atoms with Gasteiger partial charge in [-0.3, -0.25) is 9.59 Å². The molecule has 7 nitrogen and oxygen atoms in total. The maximum Gasteiger partial charge on any atom is 0.246 e. The van der Waals surface area contributed by atoms with Crippen molar-refractivity contribution in [1.29, 1.82) is 0 Å². The summed E-state index contributed by atoms with van der Waals surface area (Å²) in [6, 6.07) is 4.25. The Morgan fingerprint density at radius 1 is 1.17 bits per heavy atom. The number of piperazine rings is 1. The average molecular weight is 460 g/mol. The number of rotatable bonds is 3. The number of amides is 2. The van der Waals surface area contributed by atoms with Crippen molar-refractivity contribution in [2.24, 2.45) is 0 Å². The highest BCUT2D eigenvalue weighted by molar-refractivity contribution is 8.04. The lowest BCUT2D eigenvalue weighted by Gasteiger charge is -2.42. The molecule has 4 rings (SSSR count). The molecule has 0 aromatic heterocycles. The minimum atomic E-state index is -3.73. The van der Waals surface area contributed by atoms with Crippen molar-refractivity contribution in [3.63, 3.8) is 0 Å². The van der Waals surface area contributed by atoms with Crippen LogP contribution in [-0.4, -0.2) is 88.7 Å². The number of halogens is 1. The van der Waals surface area contributed by atoms with E-state index >= 15 is 0 Å². The van der Waals surface area contributed by atoms with Crippen LogP contribution in [0.2, 0.25) is 0 Å². The van der Waals surface area contributed by atoms with Crippen LogP contribution in [0.25, 0.3) is 0 Å². The lowest BCUT2D eigenvalue weighted by Crippen LogP contribution is -2.60. The Morgan fingerprint density at radius 3 is 2.48 bits per heavy atom. The Hall–Kier alpha value is -1.30. The molecule has 0 aliphatic carbocycles. The van der Waals surface area contributed by atoms with Crippen LogP contribution in [0, 0.1) is 5.82 Å². The fourth-order valence-corrected chi connectivity index (χ4v) is 8.09. The Labute approximate surface area is 178 Å². The van der Waals surface area contributed by atoms with Crippen molar-refractivity contribution < 1.29 is 22.4 Å². The van der Waals surface area contributed by atoms with Gasteiger partial charge in [-0.05, 0) is 31.2 Å². The number of thioether (sulfide) groups is 2. The summed E-state index contributed by atoms with van der Waals surface area (Å²) in [5.41, 5.74) is 0. The Balaban J connectivity index is 1.42. The third kappa shape index (κ3) is 3.77. The smallest absolute Gasteiger partial charge is 0.246 e. The van der Waals surface area contributed by atoms with Crippen LogP contribution in [0.5, 0.6) is 0 Å². The lowest BCUT2D eigenvalue weighted by molar-refractivity contribution is -0.146. The Morgan fingerprint density at radius 2 is 1.83 bits per heavy atom. The van der Waals surface area contributed by atoms with E-state index in [1.807, 2.05) is 6.92 Å². The second-order valence-corrected chi connectivity index (χ2v) is 11.9. The summed E-state index contributed by atoms with van der Waals surface area (Å²) in [4.78, 5) is 28.6. The second-order valence-electron chi connectivity index (χ2n) is 7.44. The largest absolute Gasteiger partial charge is 0.338 e. The van der Waals surface area contributed by atoms with Gasteiger partial charge in [-0.1, -0.05) is 0 Å². The monoisotopic (exact) mass is 459 g/mol. The highest BCUT2D eigenvalue weighted by Gasteiger charge is 2.52. The van der Waals surface area contributed by atoms with Crippen LogP contribution < -0.4 is 0 Å². The predicted octanol–water partition coefficient (Wildman–Crippen LogP) is 1.07. The maximum absolute atomic E-state index is 13.1. The van der Waals surface area contributed by atoms with Gasteiger partial charge in [0, 0.05) is 37.7 Å². The number of nitrogens with zero attached hydrogens (tertiary/aromatic N) is 3. The third-order valence-corrected chi connectivity index (χ3v) is 10.3. The molecule has 0 N–H and O–H groups in total. The number of hydrogen-bond donors (Lipinski definition) is 0. The number of carbonyl (C=O) groups is 2. The van der Waals surface area contributed by atoms with Gasteiger partial charge in [-0.25, -0.2) is 12.8 Å². The summed E-state index contributed by atoms with van der Waals surface area (Å²) in [7, 11) is -3.73. The summed E-state index contributed by atoms with van der Waals surface area (Å²) < 4.78 is 39.9. The van der Waals surface area contributed by atoms with Crippen molar-refractivity contribution in [2.75, 3.05) is 43.4 Å². The predicted molar refractivity (Wildman–Crippen MR) is 111 cm³/mol. The van der Waals surface area contributed by atoms with Crippen molar-refractivity contribution in [3.05, 3.63) is 30.1 Å². The number of sulfonamides is 1. The molecule has 2 atom stereocenters. The first-order valence-corrected chi connectivity index (χ1v) is 12.9. The van der Waals surface area contributed by atoms with Crippen molar-refractivity contribution in [1.82, 2.24) is 14.1 Å². The van der Waals surface area contributed by atoms with E-state index in [2.05, 4.69) is 0 Å². The molecule has 0 radical (unpaired) electrons. The summed E-state index contributed by atoms with van der Waals surface area (Å²) in [5, 5.41) is 0. The average Bonchev–Trinajstić information content (AvgIpc) is 3.06. The Bertz CT molecular complexity index is 919. The zero-order valence-corrected chi connectivity index (χ0v) is 18.4. The van der Waals surface area contributed by atoms with E-state index in [-0.39, 0.29) is 47.8 Å². The van der Waals surface area contributed by atoms with Crippen LogP contribution >= 0.6 is 23.5 Å². The van der Waals surface area contributed by atoms with Gasteiger partial charge in [-0.2, -0.15) is 4.31 Å². The van der Waals surface area contributed by atoms with E-state index < -0.39 is 21.9 Å². The second kappa shape index (κ2) is 7.75. The zero-order valence-electron chi connectivity index (χ0n) is 15.9. The summed E-state index contributed by atoms with van der Waals surface area (Å²) >= 11 is 3.23. The highest BCUT2D eigenvalue weighted by Crippen LogP contribution is 2.44. The quantitative estimate of drug-likeness (QED) is 0.673. The summed E-state index contributed by atoms with van der Waals surface area (Å²) in [5.74, 6) is 1.15. The molecule has 3 aliphatic heterocycles. The number of fused-ring (bicyclic) bond motifs is 1. The summed E-state index contributed by atoms with van der Waals surface area (Å²) in [6.07, 6.45) is 0. The standard InChI is InChI=1S/C18H22FN3O4S3/c1-18-12-27-11-16(23)22(18)15(10-28-18)17(24)20-6-8-21(9-7-20)29(25,26)14-4-2-13(19)3-5-14/h2-5,15H,6-12H2,1H3/t15-,18-/m0/s1. The van der Waals surface area contributed by atoms with Gasteiger partial charge in [-0.15, -0.1) is 23.5 Å². The van der Waals surface area contributed by atoms with Crippen molar-refractivity contribution >= 4 is 45.4 Å². The van der Waals surface area contributed by atoms with Gasteiger partial charge in [0.05, 0.1) is 15.5 Å². The molecule has 0 saturated carbocycles.